The van der Waals surface area contributed by atoms with Gasteiger partial charge in [0.05, 0.1) is 6.04 Å². The van der Waals surface area contributed by atoms with Crippen LogP contribution in [0.5, 0.6) is 0 Å². The summed E-state index contributed by atoms with van der Waals surface area (Å²) in [6.07, 6.45) is 6.01. The van der Waals surface area contributed by atoms with E-state index in [-0.39, 0.29) is 30.3 Å². The fourth-order valence-electron chi connectivity index (χ4n) is 3.59. The molecule has 2 saturated heterocycles. The van der Waals surface area contributed by atoms with E-state index in [9.17, 15) is 4.79 Å². The molecule has 0 aliphatic carbocycles. The number of hydrogen-bond donors (Lipinski definition) is 1. The first-order valence-electron chi connectivity index (χ1n) is 8.99. The van der Waals surface area contributed by atoms with Crippen LogP contribution in [0.1, 0.15) is 76.0 Å². The molecule has 1 N–H and O–H groups in total. The van der Waals surface area contributed by atoms with Gasteiger partial charge in [-0.1, -0.05) is 19.0 Å². The minimum atomic E-state index is 0. The first-order valence-corrected chi connectivity index (χ1v) is 8.99. The number of likely N-dealkylation sites (tertiary alicyclic amines) is 1. The third kappa shape index (κ3) is 4.48. The van der Waals surface area contributed by atoms with Gasteiger partial charge in [-0.25, -0.2) is 0 Å². The second-order valence-electron chi connectivity index (χ2n) is 7.12. The summed E-state index contributed by atoms with van der Waals surface area (Å²) in [5.41, 5.74) is 0. The molecule has 3 heterocycles. The van der Waals surface area contributed by atoms with Gasteiger partial charge in [0.25, 0.3) is 0 Å². The monoisotopic (exact) mass is 356 g/mol. The average Bonchev–Trinajstić information content (AvgIpc) is 3.22. The molecule has 3 rings (SSSR count). The Hall–Kier alpha value is -1.14. The Labute approximate surface area is 150 Å². The number of nitrogens with zero attached hydrogens (tertiary/aromatic N) is 3. The number of carbonyl (C=O) groups excluding carboxylic acids is 1. The number of hydrogen-bond acceptors (Lipinski definition) is 5. The minimum Gasteiger partial charge on any atom is -0.339 e. The highest BCUT2D eigenvalue weighted by Gasteiger charge is 2.33. The van der Waals surface area contributed by atoms with Crippen molar-refractivity contribution < 1.29 is 9.32 Å². The molecule has 0 radical (unpaired) electrons. The number of amides is 1. The predicted octanol–water partition coefficient (Wildman–Crippen LogP) is 3.06. The fraction of sp³-hybridized carbons (Fsp3) is 0.824. The van der Waals surface area contributed by atoms with Crippen LogP contribution in [-0.4, -0.2) is 40.6 Å². The van der Waals surface area contributed by atoms with Crippen LogP contribution in [0.15, 0.2) is 4.52 Å². The molecule has 1 atom stereocenters. The number of carbonyl (C=O) groups is 1. The van der Waals surface area contributed by atoms with Gasteiger partial charge in [-0.15, -0.1) is 12.4 Å². The SMILES string of the molecule is CC(C)c1nc(C2CCCN2C(=O)CCC2CCNCC2)no1.Cl. The van der Waals surface area contributed by atoms with E-state index < -0.39 is 0 Å². The molecule has 136 valence electrons. The van der Waals surface area contributed by atoms with Crippen molar-refractivity contribution in [2.45, 2.75) is 64.3 Å². The van der Waals surface area contributed by atoms with Gasteiger partial charge >= 0.3 is 0 Å². The third-order valence-electron chi connectivity index (χ3n) is 5.05. The van der Waals surface area contributed by atoms with Crippen molar-refractivity contribution in [3.05, 3.63) is 11.7 Å². The second kappa shape index (κ2) is 8.81. The maximum Gasteiger partial charge on any atom is 0.229 e. The van der Waals surface area contributed by atoms with E-state index in [1.165, 1.54) is 12.8 Å². The quantitative estimate of drug-likeness (QED) is 0.877. The van der Waals surface area contributed by atoms with Crippen LogP contribution in [0, 0.1) is 5.92 Å². The molecule has 2 fully saturated rings. The van der Waals surface area contributed by atoms with Crippen LogP contribution in [-0.2, 0) is 4.79 Å². The maximum absolute atomic E-state index is 12.6. The first-order chi connectivity index (χ1) is 11.1. The number of halogens is 1. The summed E-state index contributed by atoms with van der Waals surface area (Å²) in [4.78, 5) is 19.1. The maximum atomic E-state index is 12.6. The van der Waals surface area contributed by atoms with E-state index in [1.54, 1.807) is 0 Å². The predicted molar refractivity (Wildman–Crippen MR) is 94.2 cm³/mol. The molecule has 2 aliphatic rings. The zero-order valence-corrected chi connectivity index (χ0v) is 15.5. The lowest BCUT2D eigenvalue weighted by Gasteiger charge is -2.25. The summed E-state index contributed by atoms with van der Waals surface area (Å²) in [5, 5.41) is 7.49. The molecule has 24 heavy (non-hydrogen) atoms. The van der Waals surface area contributed by atoms with Crippen LogP contribution in [0.4, 0.5) is 0 Å². The number of rotatable bonds is 5. The number of piperidine rings is 1. The molecule has 7 heteroatoms. The summed E-state index contributed by atoms with van der Waals surface area (Å²) >= 11 is 0. The van der Waals surface area contributed by atoms with Gasteiger partial charge in [0, 0.05) is 18.9 Å². The van der Waals surface area contributed by atoms with E-state index in [2.05, 4.69) is 15.5 Å². The van der Waals surface area contributed by atoms with Gasteiger partial charge in [0.15, 0.2) is 5.82 Å². The second-order valence-corrected chi connectivity index (χ2v) is 7.12. The van der Waals surface area contributed by atoms with Crippen LogP contribution >= 0.6 is 12.4 Å². The van der Waals surface area contributed by atoms with Gasteiger partial charge in [0.2, 0.25) is 11.8 Å². The van der Waals surface area contributed by atoms with Crippen molar-refractivity contribution >= 4 is 18.3 Å². The molecule has 1 aromatic rings. The highest BCUT2D eigenvalue weighted by molar-refractivity contribution is 5.85. The molecule has 0 saturated carbocycles. The molecule has 6 nitrogen and oxygen atoms in total. The Bertz CT molecular complexity index is 528. The Morgan fingerprint density at radius 3 is 2.75 bits per heavy atom. The van der Waals surface area contributed by atoms with Crippen LogP contribution in [0.25, 0.3) is 0 Å². The lowest BCUT2D eigenvalue weighted by Crippen LogP contribution is -2.32. The van der Waals surface area contributed by atoms with E-state index in [0.29, 0.717) is 24.1 Å². The van der Waals surface area contributed by atoms with Crippen molar-refractivity contribution in [3.63, 3.8) is 0 Å². The Morgan fingerprint density at radius 2 is 2.08 bits per heavy atom. The average molecular weight is 357 g/mol. The fourth-order valence-corrected chi connectivity index (χ4v) is 3.59. The van der Waals surface area contributed by atoms with Gasteiger partial charge in [-0.2, -0.15) is 4.98 Å². The zero-order chi connectivity index (χ0) is 16.2. The molecule has 1 unspecified atom stereocenters. The highest BCUT2D eigenvalue weighted by Crippen LogP contribution is 2.32. The molecule has 0 spiro atoms. The van der Waals surface area contributed by atoms with Crippen molar-refractivity contribution in [3.8, 4) is 0 Å². The smallest absolute Gasteiger partial charge is 0.229 e. The largest absolute Gasteiger partial charge is 0.339 e. The Morgan fingerprint density at radius 1 is 1.33 bits per heavy atom. The summed E-state index contributed by atoms with van der Waals surface area (Å²) in [5.74, 6) is 2.51. The highest BCUT2D eigenvalue weighted by atomic mass is 35.5. The van der Waals surface area contributed by atoms with Crippen LogP contribution in [0.2, 0.25) is 0 Å². The molecule has 2 aliphatic heterocycles. The normalized spacial score (nSPS) is 22.0. The topological polar surface area (TPSA) is 71.3 Å². The molecule has 1 amide bonds. The van der Waals surface area contributed by atoms with E-state index in [0.717, 1.165) is 38.9 Å². The van der Waals surface area contributed by atoms with Crippen molar-refractivity contribution in [1.29, 1.82) is 0 Å². The minimum absolute atomic E-state index is 0. The molecule has 0 aromatic carbocycles. The van der Waals surface area contributed by atoms with Gasteiger partial charge in [-0.3, -0.25) is 4.79 Å². The van der Waals surface area contributed by atoms with Gasteiger partial charge in [0.1, 0.15) is 0 Å². The number of aromatic nitrogens is 2. The third-order valence-corrected chi connectivity index (χ3v) is 5.05. The van der Waals surface area contributed by atoms with Crippen LogP contribution < -0.4 is 5.32 Å². The summed E-state index contributed by atoms with van der Waals surface area (Å²) in [6.45, 7) is 7.07. The lowest BCUT2D eigenvalue weighted by atomic mass is 9.93. The summed E-state index contributed by atoms with van der Waals surface area (Å²) < 4.78 is 5.32. The first kappa shape index (κ1) is 19.2. The van der Waals surface area contributed by atoms with Gasteiger partial charge in [-0.05, 0) is 51.1 Å². The molecular formula is C17H29ClN4O2. The molecular weight excluding hydrogens is 328 g/mol. The zero-order valence-electron chi connectivity index (χ0n) is 14.7. The molecule has 1 aromatic heterocycles. The van der Waals surface area contributed by atoms with E-state index in [1.807, 2.05) is 18.7 Å². The lowest BCUT2D eigenvalue weighted by molar-refractivity contribution is -0.132. The Balaban J connectivity index is 0.00000208. The van der Waals surface area contributed by atoms with Crippen molar-refractivity contribution in [2.75, 3.05) is 19.6 Å². The molecule has 0 bridgehead atoms. The van der Waals surface area contributed by atoms with Gasteiger partial charge < -0.3 is 14.7 Å². The van der Waals surface area contributed by atoms with E-state index in [4.69, 9.17) is 4.52 Å². The van der Waals surface area contributed by atoms with Crippen molar-refractivity contribution in [2.24, 2.45) is 5.92 Å². The number of nitrogens with one attached hydrogen (secondary N) is 1. The van der Waals surface area contributed by atoms with Crippen molar-refractivity contribution in [1.82, 2.24) is 20.4 Å². The summed E-state index contributed by atoms with van der Waals surface area (Å²) in [6, 6.07) is 0.00627. The Kier molecular flexibility index (Phi) is 7.04. The van der Waals surface area contributed by atoms with E-state index >= 15 is 0 Å². The standard InChI is InChI=1S/C17H28N4O2.ClH/c1-12(2)17-19-16(20-23-17)14-4-3-11-21(14)15(22)6-5-13-7-9-18-10-8-13;/h12-14,18H,3-11H2,1-2H3;1H. The summed E-state index contributed by atoms with van der Waals surface area (Å²) in [7, 11) is 0. The van der Waals surface area contributed by atoms with Crippen LogP contribution in [0.3, 0.4) is 0 Å².